The Balaban J connectivity index is 1.64. The summed E-state index contributed by atoms with van der Waals surface area (Å²) in [6, 6.07) is 14.3. The predicted octanol–water partition coefficient (Wildman–Crippen LogP) is 4.24. The van der Waals surface area contributed by atoms with Gasteiger partial charge in [0.2, 0.25) is 0 Å². The van der Waals surface area contributed by atoms with Crippen LogP contribution in [0.3, 0.4) is 0 Å². The van der Waals surface area contributed by atoms with Crippen molar-refractivity contribution in [3.8, 4) is 0 Å². The number of fused-ring (bicyclic) bond motifs is 1. The molecule has 1 N–H and O–H groups in total. The fourth-order valence-corrected chi connectivity index (χ4v) is 3.22. The molecule has 20 heavy (non-hydrogen) atoms. The molecule has 0 aliphatic heterocycles. The Hall–Kier alpha value is -1.19. The number of halogens is 2. The summed E-state index contributed by atoms with van der Waals surface area (Å²) in [7, 11) is 0. The Kier molecular flexibility index (Phi) is 4.18. The number of benzene rings is 2. The second-order valence-electron chi connectivity index (χ2n) is 5.30. The van der Waals surface area contributed by atoms with E-state index in [2.05, 4.69) is 45.5 Å². The van der Waals surface area contributed by atoms with Gasteiger partial charge in [-0.15, -0.1) is 0 Å². The van der Waals surface area contributed by atoms with E-state index < -0.39 is 0 Å². The lowest BCUT2D eigenvalue weighted by atomic mass is 9.88. The molecule has 0 heterocycles. The van der Waals surface area contributed by atoms with Gasteiger partial charge < -0.3 is 5.32 Å². The van der Waals surface area contributed by atoms with Crippen LogP contribution in [0.1, 0.15) is 23.1 Å². The topological polar surface area (TPSA) is 12.0 Å². The first-order chi connectivity index (χ1) is 9.74. The first kappa shape index (κ1) is 13.8. The zero-order chi connectivity index (χ0) is 13.9. The Morgan fingerprint density at radius 2 is 1.90 bits per heavy atom. The molecule has 1 aliphatic carbocycles. The van der Waals surface area contributed by atoms with Crippen molar-refractivity contribution in [3.05, 3.63) is 69.4 Å². The zero-order valence-corrected chi connectivity index (χ0v) is 12.8. The molecule has 1 atom stereocenters. The molecule has 0 aromatic heterocycles. The number of hydrogen-bond acceptors (Lipinski definition) is 1. The van der Waals surface area contributed by atoms with Crippen LogP contribution in [0.4, 0.5) is 4.39 Å². The summed E-state index contributed by atoms with van der Waals surface area (Å²) in [4.78, 5) is 0. The van der Waals surface area contributed by atoms with Crippen LogP contribution >= 0.6 is 15.9 Å². The lowest BCUT2D eigenvalue weighted by Crippen LogP contribution is -2.34. The SMILES string of the molecule is Fc1cccc(CNC2CCc3ccccc3C2)c1Br. The number of aryl methyl sites for hydroxylation is 1. The number of nitrogens with one attached hydrogen (secondary N) is 1. The Morgan fingerprint density at radius 1 is 1.10 bits per heavy atom. The molecular weight excluding hydrogens is 317 g/mol. The molecule has 0 fully saturated rings. The molecule has 0 radical (unpaired) electrons. The third kappa shape index (κ3) is 2.94. The lowest BCUT2D eigenvalue weighted by Gasteiger charge is -2.25. The van der Waals surface area contributed by atoms with Crippen LogP contribution < -0.4 is 5.32 Å². The molecule has 0 amide bonds. The fraction of sp³-hybridized carbons (Fsp3) is 0.294. The van der Waals surface area contributed by atoms with E-state index in [1.54, 1.807) is 6.07 Å². The molecule has 1 nitrogen and oxygen atoms in total. The molecule has 104 valence electrons. The second-order valence-corrected chi connectivity index (χ2v) is 6.10. The van der Waals surface area contributed by atoms with Crippen LogP contribution in [0.2, 0.25) is 0 Å². The molecule has 2 aromatic rings. The quantitative estimate of drug-likeness (QED) is 0.886. The van der Waals surface area contributed by atoms with Gasteiger partial charge in [-0.2, -0.15) is 0 Å². The van der Waals surface area contributed by atoms with Crippen LogP contribution in [-0.4, -0.2) is 6.04 Å². The van der Waals surface area contributed by atoms with Gasteiger partial charge in [0.1, 0.15) is 5.82 Å². The molecule has 0 saturated heterocycles. The minimum Gasteiger partial charge on any atom is -0.310 e. The average molecular weight is 334 g/mol. The maximum absolute atomic E-state index is 13.5. The Morgan fingerprint density at radius 3 is 2.75 bits per heavy atom. The van der Waals surface area contributed by atoms with E-state index in [4.69, 9.17) is 0 Å². The van der Waals surface area contributed by atoms with Crippen LogP contribution in [0.15, 0.2) is 46.9 Å². The van der Waals surface area contributed by atoms with Gasteiger partial charge >= 0.3 is 0 Å². The normalized spacial score (nSPS) is 17.8. The highest BCUT2D eigenvalue weighted by Gasteiger charge is 2.18. The van der Waals surface area contributed by atoms with Crippen LogP contribution in [0.25, 0.3) is 0 Å². The minimum atomic E-state index is -0.196. The molecule has 0 saturated carbocycles. The summed E-state index contributed by atoms with van der Waals surface area (Å²) in [6.07, 6.45) is 3.32. The summed E-state index contributed by atoms with van der Waals surface area (Å²) in [5.41, 5.74) is 3.89. The maximum atomic E-state index is 13.5. The maximum Gasteiger partial charge on any atom is 0.137 e. The van der Waals surface area contributed by atoms with Crippen molar-refractivity contribution in [2.24, 2.45) is 0 Å². The van der Waals surface area contributed by atoms with Gasteiger partial charge in [0.25, 0.3) is 0 Å². The summed E-state index contributed by atoms with van der Waals surface area (Å²) < 4.78 is 14.0. The van der Waals surface area contributed by atoms with E-state index in [0.29, 0.717) is 17.1 Å². The van der Waals surface area contributed by atoms with E-state index in [1.807, 2.05) is 6.07 Å². The Bertz CT molecular complexity index is 612. The van der Waals surface area contributed by atoms with Crippen molar-refractivity contribution in [2.75, 3.05) is 0 Å². The van der Waals surface area contributed by atoms with E-state index >= 15 is 0 Å². The minimum absolute atomic E-state index is 0.196. The average Bonchev–Trinajstić information content (AvgIpc) is 2.48. The van der Waals surface area contributed by atoms with Crippen LogP contribution in [0.5, 0.6) is 0 Å². The summed E-state index contributed by atoms with van der Waals surface area (Å²) >= 11 is 3.32. The summed E-state index contributed by atoms with van der Waals surface area (Å²) in [6.45, 7) is 0.700. The van der Waals surface area contributed by atoms with Gasteiger partial charge in [-0.1, -0.05) is 36.4 Å². The highest BCUT2D eigenvalue weighted by atomic mass is 79.9. The van der Waals surface area contributed by atoms with Crippen LogP contribution in [-0.2, 0) is 19.4 Å². The first-order valence-electron chi connectivity index (χ1n) is 6.97. The van der Waals surface area contributed by atoms with Gasteiger partial charge in [0.15, 0.2) is 0 Å². The van der Waals surface area contributed by atoms with Gasteiger partial charge in [-0.05, 0) is 57.9 Å². The predicted molar refractivity (Wildman–Crippen MR) is 83.2 cm³/mol. The van der Waals surface area contributed by atoms with E-state index in [1.165, 1.54) is 17.2 Å². The highest BCUT2D eigenvalue weighted by molar-refractivity contribution is 9.10. The molecule has 1 unspecified atom stereocenters. The van der Waals surface area contributed by atoms with Gasteiger partial charge in [-0.3, -0.25) is 0 Å². The molecule has 1 aliphatic rings. The van der Waals surface area contributed by atoms with Gasteiger partial charge in [0, 0.05) is 12.6 Å². The van der Waals surface area contributed by atoms with Crippen molar-refractivity contribution >= 4 is 15.9 Å². The van der Waals surface area contributed by atoms with Crippen molar-refractivity contribution in [3.63, 3.8) is 0 Å². The highest BCUT2D eigenvalue weighted by Crippen LogP contribution is 2.23. The molecule has 2 aromatic carbocycles. The molecule has 3 rings (SSSR count). The van der Waals surface area contributed by atoms with Gasteiger partial charge in [-0.25, -0.2) is 4.39 Å². The lowest BCUT2D eigenvalue weighted by molar-refractivity contribution is 0.456. The van der Waals surface area contributed by atoms with Crippen molar-refractivity contribution < 1.29 is 4.39 Å². The number of hydrogen-bond donors (Lipinski definition) is 1. The third-order valence-electron chi connectivity index (χ3n) is 3.96. The van der Waals surface area contributed by atoms with Crippen molar-refractivity contribution in [1.29, 1.82) is 0 Å². The largest absolute Gasteiger partial charge is 0.310 e. The zero-order valence-electron chi connectivity index (χ0n) is 11.2. The smallest absolute Gasteiger partial charge is 0.137 e. The molecular formula is C17H17BrFN. The third-order valence-corrected chi connectivity index (χ3v) is 4.85. The first-order valence-corrected chi connectivity index (χ1v) is 7.76. The number of rotatable bonds is 3. The monoisotopic (exact) mass is 333 g/mol. The summed E-state index contributed by atoms with van der Waals surface area (Å²) in [5, 5.41) is 3.55. The van der Waals surface area contributed by atoms with E-state index in [9.17, 15) is 4.39 Å². The van der Waals surface area contributed by atoms with E-state index in [0.717, 1.165) is 24.8 Å². The van der Waals surface area contributed by atoms with E-state index in [-0.39, 0.29) is 5.82 Å². The van der Waals surface area contributed by atoms with Crippen molar-refractivity contribution in [2.45, 2.75) is 31.8 Å². The Labute approximate surface area is 127 Å². The van der Waals surface area contributed by atoms with Gasteiger partial charge in [0.05, 0.1) is 4.47 Å². The van der Waals surface area contributed by atoms with Crippen LogP contribution in [0, 0.1) is 5.82 Å². The molecule has 0 bridgehead atoms. The fourth-order valence-electron chi connectivity index (χ4n) is 2.81. The molecule has 3 heteroatoms. The molecule has 0 spiro atoms. The second kappa shape index (κ2) is 6.06. The van der Waals surface area contributed by atoms with Crippen molar-refractivity contribution in [1.82, 2.24) is 5.32 Å². The standard InChI is InChI=1S/C17H17BrFN/c18-17-14(6-3-7-16(17)19)11-20-15-9-8-12-4-1-2-5-13(12)10-15/h1-7,15,20H,8-11H2. The summed E-state index contributed by atoms with van der Waals surface area (Å²) in [5.74, 6) is -0.196.